The third-order valence-corrected chi connectivity index (χ3v) is 4.59. The molecule has 0 bridgehead atoms. The van der Waals surface area contributed by atoms with Crippen LogP contribution in [-0.2, 0) is 4.79 Å². The summed E-state index contributed by atoms with van der Waals surface area (Å²) in [6.07, 6.45) is 0.262. The highest BCUT2D eigenvalue weighted by molar-refractivity contribution is 5.95. The molecule has 144 valence electrons. The summed E-state index contributed by atoms with van der Waals surface area (Å²) in [6.45, 7) is 1.85. The molecule has 0 fully saturated rings. The molecular formula is C21H26N2O4. The number of hydrogen-bond acceptors (Lipinski definition) is 4. The second-order valence-electron chi connectivity index (χ2n) is 6.29. The molecule has 0 radical (unpaired) electrons. The fourth-order valence-corrected chi connectivity index (χ4v) is 2.74. The van der Waals surface area contributed by atoms with E-state index in [4.69, 9.17) is 9.47 Å². The molecule has 1 N–H and O–H groups in total. The van der Waals surface area contributed by atoms with E-state index < -0.39 is 0 Å². The van der Waals surface area contributed by atoms with Gasteiger partial charge in [-0.2, -0.15) is 0 Å². The maximum atomic E-state index is 12.7. The molecule has 0 spiro atoms. The van der Waals surface area contributed by atoms with Gasteiger partial charge in [0.1, 0.15) is 11.5 Å². The van der Waals surface area contributed by atoms with E-state index in [1.54, 1.807) is 45.3 Å². The summed E-state index contributed by atoms with van der Waals surface area (Å²) < 4.78 is 10.7. The Morgan fingerprint density at radius 1 is 1.07 bits per heavy atom. The Balaban J connectivity index is 2.22. The Bertz CT molecular complexity index is 802. The van der Waals surface area contributed by atoms with Crippen LogP contribution in [0.3, 0.4) is 0 Å². The third-order valence-electron chi connectivity index (χ3n) is 4.59. The van der Waals surface area contributed by atoms with Crippen LogP contribution >= 0.6 is 0 Å². The quantitative estimate of drug-likeness (QED) is 0.814. The van der Waals surface area contributed by atoms with E-state index in [1.165, 1.54) is 0 Å². The SMILES string of the molecule is CNC(=O)CC(C)N(C)C(=O)c1ccc(-c2cc(OC)ccc2OC)cc1. The topological polar surface area (TPSA) is 67.9 Å². The molecule has 0 aliphatic rings. The van der Waals surface area contributed by atoms with Crippen LogP contribution in [0, 0.1) is 0 Å². The number of amides is 2. The van der Waals surface area contributed by atoms with Crippen molar-refractivity contribution in [3.63, 3.8) is 0 Å². The van der Waals surface area contributed by atoms with Gasteiger partial charge in [-0.25, -0.2) is 0 Å². The van der Waals surface area contributed by atoms with E-state index in [0.29, 0.717) is 5.56 Å². The van der Waals surface area contributed by atoms with E-state index in [9.17, 15) is 9.59 Å². The molecule has 0 saturated heterocycles. The largest absolute Gasteiger partial charge is 0.497 e. The van der Waals surface area contributed by atoms with Crippen LogP contribution in [0.2, 0.25) is 0 Å². The Kier molecular flexibility index (Phi) is 6.82. The summed E-state index contributed by atoms with van der Waals surface area (Å²) in [6, 6.07) is 12.7. The Hall–Kier alpha value is -3.02. The van der Waals surface area contributed by atoms with Crippen molar-refractivity contribution < 1.29 is 19.1 Å². The van der Waals surface area contributed by atoms with Gasteiger partial charge in [-0.15, -0.1) is 0 Å². The molecular weight excluding hydrogens is 344 g/mol. The highest BCUT2D eigenvalue weighted by atomic mass is 16.5. The van der Waals surface area contributed by atoms with Crippen molar-refractivity contribution >= 4 is 11.8 Å². The smallest absolute Gasteiger partial charge is 0.253 e. The van der Waals surface area contributed by atoms with E-state index in [-0.39, 0.29) is 24.3 Å². The third kappa shape index (κ3) is 4.78. The minimum Gasteiger partial charge on any atom is -0.497 e. The predicted molar refractivity (Wildman–Crippen MR) is 105 cm³/mol. The second kappa shape index (κ2) is 9.07. The first-order chi connectivity index (χ1) is 12.9. The van der Waals surface area contributed by atoms with Gasteiger partial charge in [0.25, 0.3) is 5.91 Å². The fraction of sp³-hybridized carbons (Fsp3) is 0.333. The van der Waals surface area contributed by atoms with Gasteiger partial charge in [0, 0.05) is 37.7 Å². The van der Waals surface area contributed by atoms with Gasteiger partial charge in [0.2, 0.25) is 5.91 Å². The summed E-state index contributed by atoms with van der Waals surface area (Å²) in [4.78, 5) is 25.8. The normalized spacial score (nSPS) is 11.4. The molecule has 2 aromatic rings. The van der Waals surface area contributed by atoms with Crippen molar-refractivity contribution in [2.24, 2.45) is 0 Å². The van der Waals surface area contributed by atoms with Gasteiger partial charge in [0.15, 0.2) is 0 Å². The lowest BCUT2D eigenvalue weighted by Crippen LogP contribution is -2.38. The van der Waals surface area contributed by atoms with E-state index in [1.807, 2.05) is 37.3 Å². The standard InChI is InChI=1S/C21H26N2O4/c1-14(12-20(24)22-2)23(3)21(25)16-8-6-15(7-9-16)18-13-17(26-4)10-11-19(18)27-5/h6-11,13-14H,12H2,1-5H3,(H,22,24). The van der Waals surface area contributed by atoms with Gasteiger partial charge in [-0.05, 0) is 42.8 Å². The number of hydrogen-bond donors (Lipinski definition) is 1. The minimum absolute atomic E-state index is 0.0948. The fourth-order valence-electron chi connectivity index (χ4n) is 2.74. The predicted octanol–water partition coefficient (Wildman–Crippen LogP) is 2.97. The van der Waals surface area contributed by atoms with Crippen molar-refractivity contribution in [1.82, 2.24) is 10.2 Å². The van der Waals surface area contributed by atoms with Crippen molar-refractivity contribution in [1.29, 1.82) is 0 Å². The van der Waals surface area contributed by atoms with Gasteiger partial charge in [0.05, 0.1) is 14.2 Å². The van der Waals surface area contributed by atoms with Gasteiger partial charge >= 0.3 is 0 Å². The van der Waals surface area contributed by atoms with Crippen LogP contribution in [0.5, 0.6) is 11.5 Å². The first-order valence-corrected chi connectivity index (χ1v) is 8.71. The number of methoxy groups -OCH3 is 2. The summed E-state index contributed by atoms with van der Waals surface area (Å²) >= 11 is 0. The summed E-state index contributed by atoms with van der Waals surface area (Å²) in [5.74, 6) is 1.23. The number of rotatable bonds is 7. The lowest BCUT2D eigenvalue weighted by molar-refractivity contribution is -0.121. The van der Waals surface area contributed by atoms with Crippen LogP contribution in [0.1, 0.15) is 23.7 Å². The summed E-state index contributed by atoms with van der Waals surface area (Å²) in [5, 5.41) is 2.58. The van der Waals surface area contributed by atoms with Crippen LogP contribution in [0.15, 0.2) is 42.5 Å². The summed E-state index contributed by atoms with van der Waals surface area (Å²) in [7, 11) is 6.52. The molecule has 0 heterocycles. The number of nitrogens with zero attached hydrogens (tertiary/aromatic N) is 1. The van der Waals surface area contributed by atoms with E-state index in [0.717, 1.165) is 22.6 Å². The molecule has 2 amide bonds. The van der Waals surface area contributed by atoms with Crippen molar-refractivity contribution in [3.05, 3.63) is 48.0 Å². The zero-order valence-corrected chi connectivity index (χ0v) is 16.4. The molecule has 0 aromatic heterocycles. The minimum atomic E-state index is -0.199. The highest BCUT2D eigenvalue weighted by Gasteiger charge is 2.19. The molecule has 6 heteroatoms. The number of benzene rings is 2. The molecule has 27 heavy (non-hydrogen) atoms. The monoisotopic (exact) mass is 370 g/mol. The maximum Gasteiger partial charge on any atom is 0.253 e. The number of nitrogens with one attached hydrogen (secondary N) is 1. The first-order valence-electron chi connectivity index (χ1n) is 8.71. The maximum absolute atomic E-state index is 12.7. The van der Waals surface area contributed by atoms with E-state index in [2.05, 4.69) is 5.32 Å². The highest BCUT2D eigenvalue weighted by Crippen LogP contribution is 2.33. The second-order valence-corrected chi connectivity index (χ2v) is 6.29. The van der Waals surface area contributed by atoms with Gasteiger partial charge < -0.3 is 19.7 Å². The Morgan fingerprint density at radius 2 is 1.74 bits per heavy atom. The Morgan fingerprint density at radius 3 is 2.30 bits per heavy atom. The van der Waals surface area contributed by atoms with E-state index >= 15 is 0 Å². The van der Waals surface area contributed by atoms with Crippen molar-refractivity contribution in [3.8, 4) is 22.6 Å². The average molecular weight is 370 g/mol. The lowest BCUT2D eigenvalue weighted by Gasteiger charge is -2.24. The van der Waals surface area contributed by atoms with Crippen molar-refractivity contribution in [2.75, 3.05) is 28.3 Å². The van der Waals surface area contributed by atoms with Crippen LogP contribution < -0.4 is 14.8 Å². The number of carbonyl (C=O) groups excluding carboxylic acids is 2. The molecule has 2 rings (SSSR count). The first kappa shape index (κ1) is 20.3. The molecule has 1 atom stereocenters. The molecule has 1 unspecified atom stereocenters. The van der Waals surface area contributed by atoms with Crippen molar-refractivity contribution in [2.45, 2.75) is 19.4 Å². The molecule has 6 nitrogen and oxygen atoms in total. The van der Waals surface area contributed by atoms with Crippen LogP contribution in [0.4, 0.5) is 0 Å². The molecule has 0 aliphatic carbocycles. The zero-order chi connectivity index (χ0) is 20.0. The van der Waals surface area contributed by atoms with Gasteiger partial charge in [-0.1, -0.05) is 12.1 Å². The summed E-state index contributed by atoms with van der Waals surface area (Å²) in [5.41, 5.74) is 2.37. The number of carbonyl (C=O) groups is 2. The van der Waals surface area contributed by atoms with Crippen LogP contribution in [-0.4, -0.2) is 51.1 Å². The molecule has 0 saturated carbocycles. The molecule has 0 aliphatic heterocycles. The average Bonchev–Trinajstić information content (AvgIpc) is 2.71. The van der Waals surface area contributed by atoms with Crippen LogP contribution in [0.25, 0.3) is 11.1 Å². The molecule has 2 aromatic carbocycles. The number of ether oxygens (including phenoxy) is 2. The lowest BCUT2D eigenvalue weighted by atomic mass is 10.0. The zero-order valence-electron chi connectivity index (χ0n) is 16.4. The Labute approximate surface area is 160 Å². The van der Waals surface area contributed by atoms with Gasteiger partial charge in [-0.3, -0.25) is 9.59 Å².